The van der Waals surface area contributed by atoms with Crippen molar-refractivity contribution in [2.24, 2.45) is 0 Å². The molecule has 15 heavy (non-hydrogen) atoms. The lowest BCUT2D eigenvalue weighted by atomic mass is 10.1. The van der Waals surface area contributed by atoms with Crippen LogP contribution in [0.3, 0.4) is 0 Å². The molecular weight excluding hydrogens is 206 g/mol. The van der Waals surface area contributed by atoms with Gasteiger partial charge in [0.1, 0.15) is 0 Å². The maximum absolute atomic E-state index is 9.54. The van der Waals surface area contributed by atoms with E-state index >= 15 is 0 Å². The molecule has 0 aliphatic heterocycles. The second-order valence-corrected chi connectivity index (χ2v) is 6.27. The molecule has 1 saturated carbocycles. The third kappa shape index (κ3) is 4.33. The van der Waals surface area contributed by atoms with E-state index in [0.29, 0.717) is 16.5 Å². The minimum atomic E-state index is -0.198. The predicted molar refractivity (Wildman–Crippen MR) is 68.5 cm³/mol. The molecule has 1 aliphatic rings. The fourth-order valence-electron chi connectivity index (χ4n) is 2.16. The molecule has 0 aromatic rings. The second-order valence-electron chi connectivity index (χ2n) is 4.65. The van der Waals surface area contributed by atoms with E-state index in [4.69, 9.17) is 0 Å². The Kier molecular flexibility index (Phi) is 6.02. The maximum Gasteiger partial charge on any atom is 0.0628 e. The summed E-state index contributed by atoms with van der Waals surface area (Å²) >= 11 is 1.96. The lowest BCUT2D eigenvalue weighted by Gasteiger charge is -2.28. The van der Waals surface area contributed by atoms with Gasteiger partial charge in [-0.1, -0.05) is 26.2 Å². The fourth-order valence-corrected chi connectivity index (χ4v) is 3.70. The van der Waals surface area contributed by atoms with Gasteiger partial charge in [0.25, 0.3) is 0 Å². The van der Waals surface area contributed by atoms with Crippen LogP contribution in [0.5, 0.6) is 0 Å². The summed E-state index contributed by atoms with van der Waals surface area (Å²) in [6.45, 7) is 4.02. The summed E-state index contributed by atoms with van der Waals surface area (Å²) in [6.07, 6.45) is 6.47. The van der Waals surface area contributed by atoms with Gasteiger partial charge in [-0.15, -0.1) is 0 Å². The van der Waals surface area contributed by atoms with Crippen molar-refractivity contribution in [1.82, 2.24) is 5.32 Å². The molecule has 0 heterocycles. The number of hydrogen-bond donors (Lipinski definition) is 2. The molecule has 1 rings (SSSR count). The Labute approximate surface area is 98.2 Å². The van der Waals surface area contributed by atoms with Gasteiger partial charge in [-0.3, -0.25) is 0 Å². The highest BCUT2D eigenvalue weighted by molar-refractivity contribution is 8.00. The quantitative estimate of drug-likeness (QED) is 0.729. The Hall–Kier alpha value is 0.270. The Balaban J connectivity index is 2.47. The molecule has 2 nitrogen and oxygen atoms in total. The lowest BCUT2D eigenvalue weighted by Crippen LogP contribution is -2.36. The van der Waals surface area contributed by atoms with Crippen molar-refractivity contribution >= 4 is 11.8 Å². The zero-order valence-corrected chi connectivity index (χ0v) is 11.0. The van der Waals surface area contributed by atoms with Crippen molar-refractivity contribution in [3.63, 3.8) is 0 Å². The highest BCUT2D eigenvalue weighted by Gasteiger charge is 2.25. The van der Waals surface area contributed by atoms with Gasteiger partial charge in [0.15, 0.2) is 0 Å². The number of aliphatic hydroxyl groups is 1. The third-order valence-electron chi connectivity index (χ3n) is 3.39. The lowest BCUT2D eigenvalue weighted by molar-refractivity contribution is 0.196. The summed E-state index contributed by atoms with van der Waals surface area (Å²) in [7, 11) is 2.07. The highest BCUT2D eigenvalue weighted by Crippen LogP contribution is 2.31. The van der Waals surface area contributed by atoms with Gasteiger partial charge in [-0.05, 0) is 26.8 Å². The molecule has 0 radical (unpaired) electrons. The molecule has 0 amide bonds. The SMILES string of the molecule is CNC1CCCCCC1SC(C)C(C)O. The minimum absolute atomic E-state index is 0.198. The largest absolute Gasteiger partial charge is 0.392 e. The Bertz CT molecular complexity index is 175. The average Bonchev–Trinajstić information content (AvgIpc) is 2.42. The predicted octanol–water partition coefficient (Wildman–Crippen LogP) is 2.41. The molecular formula is C12H25NOS. The molecule has 1 fully saturated rings. The number of aliphatic hydroxyl groups excluding tert-OH is 1. The van der Waals surface area contributed by atoms with E-state index < -0.39 is 0 Å². The van der Waals surface area contributed by atoms with Crippen LogP contribution in [0.25, 0.3) is 0 Å². The van der Waals surface area contributed by atoms with Gasteiger partial charge in [0.2, 0.25) is 0 Å². The number of hydrogen-bond acceptors (Lipinski definition) is 3. The summed E-state index contributed by atoms with van der Waals surface area (Å²) in [5.74, 6) is 0. The van der Waals surface area contributed by atoms with E-state index in [2.05, 4.69) is 19.3 Å². The number of rotatable bonds is 4. The number of nitrogens with one attached hydrogen (secondary N) is 1. The Morgan fingerprint density at radius 3 is 2.47 bits per heavy atom. The first-order valence-electron chi connectivity index (χ1n) is 6.16. The normalized spacial score (nSPS) is 32.0. The van der Waals surface area contributed by atoms with Crippen molar-refractivity contribution in [1.29, 1.82) is 0 Å². The zero-order valence-electron chi connectivity index (χ0n) is 10.2. The van der Waals surface area contributed by atoms with Crippen molar-refractivity contribution in [2.75, 3.05) is 7.05 Å². The molecule has 4 atom stereocenters. The molecule has 2 N–H and O–H groups in total. The molecule has 0 aromatic carbocycles. The minimum Gasteiger partial charge on any atom is -0.392 e. The van der Waals surface area contributed by atoms with Gasteiger partial charge in [0.05, 0.1) is 6.10 Å². The van der Waals surface area contributed by atoms with Crippen LogP contribution in [0.4, 0.5) is 0 Å². The second kappa shape index (κ2) is 6.77. The van der Waals surface area contributed by atoms with Crippen molar-refractivity contribution < 1.29 is 5.11 Å². The van der Waals surface area contributed by atoms with Crippen LogP contribution in [0, 0.1) is 0 Å². The highest BCUT2D eigenvalue weighted by atomic mass is 32.2. The average molecular weight is 231 g/mol. The van der Waals surface area contributed by atoms with Crippen LogP contribution in [-0.2, 0) is 0 Å². The summed E-state index contributed by atoms with van der Waals surface area (Å²) in [5.41, 5.74) is 0. The monoisotopic (exact) mass is 231 g/mol. The topological polar surface area (TPSA) is 32.3 Å². The molecule has 1 aliphatic carbocycles. The van der Waals surface area contributed by atoms with E-state index in [1.165, 1.54) is 32.1 Å². The van der Waals surface area contributed by atoms with Gasteiger partial charge in [0, 0.05) is 16.5 Å². The molecule has 90 valence electrons. The van der Waals surface area contributed by atoms with Crippen molar-refractivity contribution in [3.05, 3.63) is 0 Å². The van der Waals surface area contributed by atoms with Crippen LogP contribution >= 0.6 is 11.8 Å². The molecule has 0 aromatic heterocycles. The van der Waals surface area contributed by atoms with Crippen LogP contribution in [-0.4, -0.2) is 34.8 Å². The summed E-state index contributed by atoms with van der Waals surface area (Å²) in [5, 5.41) is 14.0. The fraction of sp³-hybridized carbons (Fsp3) is 1.00. The van der Waals surface area contributed by atoms with Crippen molar-refractivity contribution in [3.8, 4) is 0 Å². The van der Waals surface area contributed by atoms with Gasteiger partial charge >= 0.3 is 0 Å². The molecule has 3 heteroatoms. The van der Waals surface area contributed by atoms with E-state index in [9.17, 15) is 5.11 Å². The van der Waals surface area contributed by atoms with Crippen LogP contribution in [0.2, 0.25) is 0 Å². The smallest absolute Gasteiger partial charge is 0.0628 e. The third-order valence-corrected chi connectivity index (χ3v) is 5.13. The summed E-state index contributed by atoms with van der Waals surface area (Å²) < 4.78 is 0. The summed E-state index contributed by atoms with van der Waals surface area (Å²) in [4.78, 5) is 0. The van der Waals surface area contributed by atoms with Crippen LogP contribution in [0.1, 0.15) is 46.0 Å². The number of thioether (sulfide) groups is 1. The zero-order chi connectivity index (χ0) is 11.3. The standard InChI is InChI=1S/C12H25NOS/c1-9(14)10(2)15-12-8-6-4-5-7-11(12)13-3/h9-14H,4-8H2,1-3H3. The first kappa shape index (κ1) is 13.3. The first-order valence-corrected chi connectivity index (χ1v) is 7.10. The van der Waals surface area contributed by atoms with E-state index in [-0.39, 0.29) is 6.10 Å². The van der Waals surface area contributed by atoms with E-state index in [0.717, 1.165) is 0 Å². The Morgan fingerprint density at radius 2 is 1.87 bits per heavy atom. The van der Waals surface area contributed by atoms with E-state index in [1.54, 1.807) is 0 Å². The van der Waals surface area contributed by atoms with Gasteiger partial charge < -0.3 is 10.4 Å². The van der Waals surface area contributed by atoms with Crippen LogP contribution in [0.15, 0.2) is 0 Å². The first-order chi connectivity index (χ1) is 7.15. The molecule has 0 saturated heterocycles. The molecule has 0 bridgehead atoms. The van der Waals surface area contributed by atoms with Gasteiger partial charge in [-0.2, -0.15) is 11.8 Å². The van der Waals surface area contributed by atoms with Crippen LogP contribution < -0.4 is 5.32 Å². The van der Waals surface area contributed by atoms with E-state index in [1.807, 2.05) is 18.7 Å². The van der Waals surface area contributed by atoms with Gasteiger partial charge in [-0.25, -0.2) is 0 Å². The Morgan fingerprint density at radius 1 is 1.20 bits per heavy atom. The maximum atomic E-state index is 9.54. The summed E-state index contributed by atoms with van der Waals surface area (Å²) in [6, 6.07) is 0.638. The molecule has 0 spiro atoms. The molecule has 4 unspecified atom stereocenters. The van der Waals surface area contributed by atoms with Crippen molar-refractivity contribution in [2.45, 2.75) is 68.6 Å².